The predicted molar refractivity (Wildman–Crippen MR) is 68.6 cm³/mol. The lowest BCUT2D eigenvalue weighted by Gasteiger charge is -2.02. The SMILES string of the molecule is CCCNCc1cn[nH]c1-c1ccc(C)s1. The molecule has 86 valence electrons. The molecule has 0 saturated heterocycles. The summed E-state index contributed by atoms with van der Waals surface area (Å²) >= 11 is 1.80. The van der Waals surface area contributed by atoms with Crippen LogP contribution in [0.1, 0.15) is 23.8 Å². The molecular formula is C12H17N3S. The molecule has 0 atom stereocenters. The van der Waals surface area contributed by atoms with E-state index >= 15 is 0 Å². The van der Waals surface area contributed by atoms with Gasteiger partial charge in [0.2, 0.25) is 0 Å². The van der Waals surface area contributed by atoms with Gasteiger partial charge in [-0.15, -0.1) is 11.3 Å². The molecule has 0 saturated carbocycles. The van der Waals surface area contributed by atoms with Crippen LogP contribution in [-0.2, 0) is 6.54 Å². The van der Waals surface area contributed by atoms with Gasteiger partial charge >= 0.3 is 0 Å². The van der Waals surface area contributed by atoms with Crippen LogP contribution in [0.15, 0.2) is 18.3 Å². The molecule has 16 heavy (non-hydrogen) atoms. The highest BCUT2D eigenvalue weighted by Crippen LogP contribution is 2.28. The van der Waals surface area contributed by atoms with Gasteiger partial charge in [0, 0.05) is 17.0 Å². The topological polar surface area (TPSA) is 40.7 Å². The number of nitrogens with zero attached hydrogens (tertiary/aromatic N) is 1. The molecule has 0 unspecified atom stereocenters. The van der Waals surface area contributed by atoms with Crippen molar-refractivity contribution in [1.82, 2.24) is 15.5 Å². The van der Waals surface area contributed by atoms with E-state index in [4.69, 9.17) is 0 Å². The number of hydrogen-bond donors (Lipinski definition) is 2. The van der Waals surface area contributed by atoms with Crippen LogP contribution in [0.3, 0.4) is 0 Å². The van der Waals surface area contributed by atoms with Gasteiger partial charge < -0.3 is 5.32 Å². The van der Waals surface area contributed by atoms with Crippen molar-refractivity contribution in [3.05, 3.63) is 28.8 Å². The molecule has 0 bridgehead atoms. The summed E-state index contributed by atoms with van der Waals surface area (Å²) in [7, 11) is 0. The fraction of sp³-hybridized carbons (Fsp3) is 0.417. The van der Waals surface area contributed by atoms with Crippen LogP contribution in [0.2, 0.25) is 0 Å². The number of aromatic amines is 1. The van der Waals surface area contributed by atoms with Crippen molar-refractivity contribution in [3.63, 3.8) is 0 Å². The molecule has 0 amide bonds. The normalized spacial score (nSPS) is 10.9. The third-order valence-corrected chi connectivity index (χ3v) is 3.47. The molecule has 4 heteroatoms. The second-order valence-electron chi connectivity index (χ2n) is 3.86. The first-order valence-corrected chi connectivity index (χ1v) is 6.42. The summed E-state index contributed by atoms with van der Waals surface area (Å²) in [5, 5.41) is 10.6. The lowest BCUT2D eigenvalue weighted by molar-refractivity contribution is 0.676. The van der Waals surface area contributed by atoms with Gasteiger partial charge in [-0.1, -0.05) is 6.92 Å². The number of nitrogens with one attached hydrogen (secondary N) is 2. The van der Waals surface area contributed by atoms with Crippen molar-refractivity contribution >= 4 is 11.3 Å². The standard InChI is InChI=1S/C12H17N3S/c1-3-6-13-7-10-8-14-15-12(10)11-5-4-9(2)16-11/h4-5,8,13H,3,6-7H2,1-2H3,(H,14,15). The molecule has 0 aliphatic carbocycles. The van der Waals surface area contributed by atoms with Crippen LogP contribution in [0, 0.1) is 6.92 Å². The highest BCUT2D eigenvalue weighted by atomic mass is 32.1. The Kier molecular flexibility index (Phi) is 3.74. The minimum Gasteiger partial charge on any atom is -0.313 e. The van der Waals surface area contributed by atoms with Crippen LogP contribution in [0.5, 0.6) is 0 Å². The fourth-order valence-corrected chi connectivity index (χ4v) is 2.53. The van der Waals surface area contributed by atoms with E-state index in [0.29, 0.717) is 0 Å². The maximum atomic E-state index is 4.13. The number of thiophene rings is 1. The Hall–Kier alpha value is -1.13. The van der Waals surface area contributed by atoms with E-state index < -0.39 is 0 Å². The molecule has 2 aromatic rings. The predicted octanol–water partition coefficient (Wildman–Crippen LogP) is 2.95. The lowest BCUT2D eigenvalue weighted by Crippen LogP contribution is -2.13. The van der Waals surface area contributed by atoms with E-state index in [9.17, 15) is 0 Å². The Labute approximate surface area is 99.9 Å². The number of aryl methyl sites for hydroxylation is 1. The Bertz CT molecular complexity index is 445. The van der Waals surface area contributed by atoms with Crippen LogP contribution in [0.25, 0.3) is 10.6 Å². The summed E-state index contributed by atoms with van der Waals surface area (Å²) in [6.07, 6.45) is 3.07. The number of rotatable bonds is 5. The quantitative estimate of drug-likeness (QED) is 0.782. The van der Waals surface area contributed by atoms with E-state index in [1.165, 1.54) is 15.3 Å². The summed E-state index contributed by atoms with van der Waals surface area (Å²) in [6.45, 7) is 6.23. The molecule has 0 radical (unpaired) electrons. The Morgan fingerprint density at radius 1 is 1.44 bits per heavy atom. The van der Waals surface area contributed by atoms with E-state index in [-0.39, 0.29) is 0 Å². The highest BCUT2D eigenvalue weighted by molar-refractivity contribution is 7.15. The molecule has 0 aliphatic rings. The van der Waals surface area contributed by atoms with Gasteiger partial charge in [-0.3, -0.25) is 5.10 Å². The smallest absolute Gasteiger partial charge is 0.0794 e. The van der Waals surface area contributed by atoms with Gasteiger partial charge in [-0.2, -0.15) is 5.10 Å². The van der Waals surface area contributed by atoms with Crippen molar-refractivity contribution in [2.75, 3.05) is 6.54 Å². The molecule has 2 heterocycles. The highest BCUT2D eigenvalue weighted by Gasteiger charge is 2.08. The Balaban J connectivity index is 2.12. The van der Waals surface area contributed by atoms with E-state index in [0.717, 1.165) is 25.2 Å². The van der Waals surface area contributed by atoms with Gasteiger partial charge in [0.05, 0.1) is 16.8 Å². The zero-order valence-corrected chi connectivity index (χ0v) is 10.5. The molecule has 0 spiro atoms. The molecule has 0 aliphatic heterocycles. The van der Waals surface area contributed by atoms with Crippen molar-refractivity contribution < 1.29 is 0 Å². The third kappa shape index (κ3) is 2.51. The van der Waals surface area contributed by atoms with E-state index in [2.05, 4.69) is 41.5 Å². The van der Waals surface area contributed by atoms with Crippen molar-refractivity contribution in [2.24, 2.45) is 0 Å². The average molecular weight is 235 g/mol. The van der Waals surface area contributed by atoms with Crippen LogP contribution < -0.4 is 5.32 Å². The molecule has 0 fully saturated rings. The molecule has 3 nitrogen and oxygen atoms in total. The van der Waals surface area contributed by atoms with Crippen molar-refractivity contribution in [3.8, 4) is 10.6 Å². The van der Waals surface area contributed by atoms with Crippen LogP contribution >= 0.6 is 11.3 Å². The minimum atomic E-state index is 0.886. The first kappa shape index (κ1) is 11.4. The van der Waals surface area contributed by atoms with Gasteiger partial charge in [-0.05, 0) is 32.0 Å². The van der Waals surface area contributed by atoms with E-state index in [1.54, 1.807) is 11.3 Å². The average Bonchev–Trinajstić information content (AvgIpc) is 2.87. The van der Waals surface area contributed by atoms with Gasteiger partial charge in [0.15, 0.2) is 0 Å². The van der Waals surface area contributed by atoms with Gasteiger partial charge in [-0.25, -0.2) is 0 Å². The summed E-state index contributed by atoms with van der Waals surface area (Å²) in [5.74, 6) is 0. The summed E-state index contributed by atoms with van der Waals surface area (Å²) in [4.78, 5) is 2.60. The summed E-state index contributed by atoms with van der Waals surface area (Å²) in [6, 6.07) is 4.29. The maximum Gasteiger partial charge on any atom is 0.0794 e. The molecule has 2 aromatic heterocycles. The first-order chi connectivity index (χ1) is 7.81. The van der Waals surface area contributed by atoms with Crippen LogP contribution in [-0.4, -0.2) is 16.7 Å². The molecule has 2 N–H and O–H groups in total. The first-order valence-electron chi connectivity index (χ1n) is 5.61. The second kappa shape index (κ2) is 5.27. The minimum absolute atomic E-state index is 0.886. The molecular weight excluding hydrogens is 218 g/mol. The molecule has 0 aromatic carbocycles. The van der Waals surface area contributed by atoms with Gasteiger partial charge in [0.25, 0.3) is 0 Å². The molecule has 2 rings (SSSR count). The second-order valence-corrected chi connectivity index (χ2v) is 5.15. The van der Waals surface area contributed by atoms with Crippen molar-refractivity contribution in [2.45, 2.75) is 26.8 Å². The monoisotopic (exact) mass is 235 g/mol. The van der Waals surface area contributed by atoms with Crippen molar-refractivity contribution in [1.29, 1.82) is 0 Å². The fourth-order valence-electron chi connectivity index (χ4n) is 1.63. The summed E-state index contributed by atoms with van der Waals surface area (Å²) < 4.78 is 0. The van der Waals surface area contributed by atoms with Crippen LogP contribution in [0.4, 0.5) is 0 Å². The lowest BCUT2D eigenvalue weighted by atomic mass is 10.2. The number of aromatic nitrogens is 2. The van der Waals surface area contributed by atoms with E-state index in [1.807, 2.05) is 6.20 Å². The Morgan fingerprint density at radius 3 is 3.00 bits per heavy atom. The Morgan fingerprint density at radius 2 is 2.31 bits per heavy atom. The third-order valence-electron chi connectivity index (χ3n) is 2.45. The summed E-state index contributed by atoms with van der Waals surface area (Å²) in [5.41, 5.74) is 2.40. The zero-order valence-electron chi connectivity index (χ0n) is 9.71. The number of H-pyrrole nitrogens is 1. The maximum absolute atomic E-state index is 4.13. The zero-order chi connectivity index (χ0) is 11.4. The number of hydrogen-bond acceptors (Lipinski definition) is 3. The van der Waals surface area contributed by atoms with Gasteiger partial charge in [0.1, 0.15) is 0 Å². The largest absolute Gasteiger partial charge is 0.313 e.